The van der Waals surface area contributed by atoms with Gasteiger partial charge in [0.15, 0.2) is 6.23 Å². The molecule has 3 N–H and O–H groups in total. The lowest BCUT2D eigenvalue weighted by Crippen LogP contribution is -2.37. The van der Waals surface area contributed by atoms with Crippen molar-refractivity contribution in [1.82, 2.24) is 4.90 Å². The summed E-state index contributed by atoms with van der Waals surface area (Å²) in [5, 5.41) is 24.2. The third-order valence-corrected chi connectivity index (χ3v) is 4.50. The van der Waals surface area contributed by atoms with Crippen LogP contribution in [0.2, 0.25) is 10.0 Å². The molecule has 0 saturated heterocycles. The van der Waals surface area contributed by atoms with Crippen LogP contribution in [0.25, 0.3) is 0 Å². The number of halogens is 2. The number of ether oxygens (including phenoxy) is 1. The maximum Gasteiger partial charge on any atom is 0.247 e. The van der Waals surface area contributed by atoms with Crippen LogP contribution in [-0.4, -0.2) is 33.5 Å². The number of hydrogen-bond acceptors (Lipinski definition) is 5. The number of aliphatic hydroxyl groups excluding tert-OH is 2. The van der Waals surface area contributed by atoms with Crippen LogP contribution in [0.5, 0.6) is 5.75 Å². The molecule has 0 aliphatic carbocycles. The SMILES string of the molecule is C=CC(=O)Nc1ccc(CN2C(O)C=C(Oc3cc(Cl)cc(Cl)c3)C2O)cc1. The first-order valence-corrected chi connectivity index (χ1v) is 9.11. The van der Waals surface area contributed by atoms with E-state index in [1.165, 1.54) is 17.1 Å². The van der Waals surface area contributed by atoms with Crippen LogP contribution in [0.4, 0.5) is 5.69 Å². The van der Waals surface area contributed by atoms with Crippen molar-refractivity contribution >= 4 is 34.8 Å². The first-order valence-electron chi connectivity index (χ1n) is 8.35. The Hall–Kier alpha value is -2.35. The van der Waals surface area contributed by atoms with Gasteiger partial charge in [0.05, 0.1) is 0 Å². The Balaban J connectivity index is 1.66. The minimum Gasteiger partial charge on any atom is -0.458 e. The second-order valence-electron chi connectivity index (χ2n) is 6.13. The van der Waals surface area contributed by atoms with E-state index in [1.807, 2.05) is 0 Å². The van der Waals surface area contributed by atoms with Gasteiger partial charge in [-0.2, -0.15) is 0 Å². The molecular formula is C20H18Cl2N2O4. The van der Waals surface area contributed by atoms with E-state index in [2.05, 4.69) is 11.9 Å². The normalized spacial score (nSPS) is 19.2. The number of hydrogen-bond donors (Lipinski definition) is 3. The molecule has 1 aliphatic rings. The van der Waals surface area contributed by atoms with Crippen molar-refractivity contribution in [3.63, 3.8) is 0 Å². The zero-order valence-electron chi connectivity index (χ0n) is 14.7. The standard InChI is InChI=1S/C20H18Cl2N2O4/c1-2-18(25)23-15-5-3-12(4-6-15)11-24-19(26)10-17(20(24)27)28-16-8-13(21)7-14(22)9-16/h2-10,19-20,26-27H,1,11H2,(H,23,25). The number of nitrogens with one attached hydrogen (secondary N) is 1. The summed E-state index contributed by atoms with van der Waals surface area (Å²) in [6.45, 7) is 3.66. The number of anilines is 1. The van der Waals surface area contributed by atoms with E-state index in [0.717, 1.165) is 5.56 Å². The van der Waals surface area contributed by atoms with E-state index in [-0.39, 0.29) is 18.2 Å². The van der Waals surface area contributed by atoms with Crippen LogP contribution < -0.4 is 10.1 Å². The van der Waals surface area contributed by atoms with Crippen molar-refractivity contribution < 1.29 is 19.7 Å². The van der Waals surface area contributed by atoms with Crippen LogP contribution in [0.15, 0.2) is 67.0 Å². The molecule has 3 rings (SSSR count). The van der Waals surface area contributed by atoms with Gasteiger partial charge in [-0.3, -0.25) is 4.79 Å². The van der Waals surface area contributed by atoms with Crippen molar-refractivity contribution in [3.8, 4) is 5.75 Å². The van der Waals surface area contributed by atoms with Gasteiger partial charge in [-0.15, -0.1) is 0 Å². The fourth-order valence-electron chi connectivity index (χ4n) is 2.72. The summed E-state index contributed by atoms with van der Waals surface area (Å²) >= 11 is 11.9. The number of rotatable bonds is 6. The molecule has 1 amide bonds. The van der Waals surface area contributed by atoms with Gasteiger partial charge in [0, 0.05) is 28.4 Å². The molecule has 0 bridgehead atoms. The molecule has 1 heterocycles. The van der Waals surface area contributed by atoms with Crippen LogP contribution in [-0.2, 0) is 11.3 Å². The highest BCUT2D eigenvalue weighted by molar-refractivity contribution is 6.34. The van der Waals surface area contributed by atoms with Gasteiger partial charge >= 0.3 is 0 Å². The van der Waals surface area contributed by atoms with Crippen molar-refractivity contribution in [3.05, 3.63) is 82.6 Å². The molecule has 1 aliphatic heterocycles. The number of carbonyl (C=O) groups is 1. The maximum absolute atomic E-state index is 11.3. The molecular weight excluding hydrogens is 403 g/mol. The van der Waals surface area contributed by atoms with E-state index in [9.17, 15) is 15.0 Å². The second kappa shape index (κ2) is 8.77. The Kier molecular flexibility index (Phi) is 6.39. The molecule has 8 heteroatoms. The summed E-state index contributed by atoms with van der Waals surface area (Å²) in [5.74, 6) is 0.241. The molecule has 146 valence electrons. The Labute approximate surface area is 172 Å². The van der Waals surface area contributed by atoms with Crippen LogP contribution in [0, 0.1) is 0 Å². The minimum absolute atomic E-state index is 0.181. The highest BCUT2D eigenvalue weighted by Gasteiger charge is 2.34. The van der Waals surface area contributed by atoms with Gasteiger partial charge in [-0.1, -0.05) is 41.9 Å². The summed E-state index contributed by atoms with van der Waals surface area (Å²) in [6.07, 6.45) is 0.427. The smallest absolute Gasteiger partial charge is 0.247 e. The molecule has 0 fully saturated rings. The van der Waals surface area contributed by atoms with Gasteiger partial charge in [0.25, 0.3) is 0 Å². The number of benzene rings is 2. The van der Waals surface area contributed by atoms with Crippen molar-refractivity contribution in [2.45, 2.75) is 19.0 Å². The van der Waals surface area contributed by atoms with Gasteiger partial charge in [-0.25, -0.2) is 4.90 Å². The van der Waals surface area contributed by atoms with E-state index < -0.39 is 12.5 Å². The summed E-state index contributed by atoms with van der Waals surface area (Å²) in [4.78, 5) is 12.8. The van der Waals surface area contributed by atoms with Crippen LogP contribution >= 0.6 is 23.2 Å². The largest absolute Gasteiger partial charge is 0.458 e. The van der Waals surface area contributed by atoms with E-state index in [0.29, 0.717) is 21.5 Å². The third-order valence-electron chi connectivity index (χ3n) is 4.07. The first-order chi connectivity index (χ1) is 13.4. The highest BCUT2D eigenvalue weighted by atomic mass is 35.5. The lowest BCUT2D eigenvalue weighted by atomic mass is 10.2. The molecule has 2 aromatic carbocycles. The maximum atomic E-state index is 11.3. The Bertz CT molecular complexity index is 895. The Morgan fingerprint density at radius 2 is 1.82 bits per heavy atom. The molecule has 0 spiro atoms. The predicted octanol–water partition coefficient (Wildman–Crippen LogP) is 3.53. The number of amides is 1. The van der Waals surface area contributed by atoms with Crippen molar-refractivity contribution in [1.29, 1.82) is 0 Å². The molecule has 0 aromatic heterocycles. The van der Waals surface area contributed by atoms with E-state index >= 15 is 0 Å². The van der Waals surface area contributed by atoms with Crippen molar-refractivity contribution in [2.24, 2.45) is 0 Å². The molecule has 2 aromatic rings. The van der Waals surface area contributed by atoms with Gasteiger partial charge in [0.2, 0.25) is 5.91 Å². The molecule has 28 heavy (non-hydrogen) atoms. The highest BCUT2D eigenvalue weighted by Crippen LogP contribution is 2.30. The topological polar surface area (TPSA) is 82.0 Å². The number of carbonyl (C=O) groups excluding carboxylic acids is 1. The zero-order chi connectivity index (χ0) is 20.3. The molecule has 0 radical (unpaired) electrons. The zero-order valence-corrected chi connectivity index (χ0v) is 16.2. The van der Waals surface area contributed by atoms with Gasteiger partial charge in [0.1, 0.15) is 17.7 Å². The van der Waals surface area contributed by atoms with Gasteiger partial charge in [-0.05, 0) is 42.0 Å². The lowest BCUT2D eigenvalue weighted by Gasteiger charge is -2.25. The summed E-state index contributed by atoms with van der Waals surface area (Å²) < 4.78 is 5.65. The third kappa shape index (κ3) is 4.92. The van der Waals surface area contributed by atoms with Gasteiger partial charge < -0.3 is 20.3 Å². The Morgan fingerprint density at radius 3 is 2.43 bits per heavy atom. The summed E-state index contributed by atoms with van der Waals surface area (Å²) in [7, 11) is 0. The summed E-state index contributed by atoms with van der Waals surface area (Å²) in [5.41, 5.74) is 1.45. The van der Waals surface area contributed by atoms with Crippen molar-refractivity contribution in [2.75, 3.05) is 5.32 Å². The Morgan fingerprint density at radius 1 is 1.18 bits per heavy atom. The molecule has 0 saturated carbocycles. The second-order valence-corrected chi connectivity index (χ2v) is 7.00. The fraction of sp³-hybridized carbons (Fsp3) is 0.150. The average molecular weight is 421 g/mol. The van der Waals surface area contributed by atoms with E-state index in [1.54, 1.807) is 42.5 Å². The predicted molar refractivity (Wildman–Crippen MR) is 108 cm³/mol. The number of aliphatic hydroxyl groups is 2. The fourth-order valence-corrected chi connectivity index (χ4v) is 3.23. The molecule has 6 nitrogen and oxygen atoms in total. The average Bonchev–Trinajstić information content (AvgIpc) is 2.89. The molecule has 2 unspecified atom stereocenters. The van der Waals surface area contributed by atoms with Crippen LogP contribution in [0.1, 0.15) is 5.56 Å². The first kappa shape index (κ1) is 20.4. The number of nitrogens with zero attached hydrogens (tertiary/aromatic N) is 1. The molecule has 2 atom stereocenters. The monoisotopic (exact) mass is 420 g/mol. The summed E-state index contributed by atoms with van der Waals surface area (Å²) in [6, 6.07) is 11.7. The lowest BCUT2D eigenvalue weighted by molar-refractivity contribution is -0.111. The minimum atomic E-state index is -1.15. The van der Waals surface area contributed by atoms with E-state index in [4.69, 9.17) is 27.9 Å². The quantitative estimate of drug-likeness (QED) is 0.622. The van der Waals surface area contributed by atoms with Crippen LogP contribution in [0.3, 0.4) is 0 Å².